The molecular formula is C29H35N5O5. The number of benzene rings is 1. The SMILES string of the molecule is CC(C)(O)COc1ccc2c(C(=O)NC3CC4(C3)CC(Oc3cc(C5CNC5)ccc3C(N)=O)C4)cnn2c1. The number of nitrogens with two attached hydrogens (primary N) is 1. The summed E-state index contributed by atoms with van der Waals surface area (Å²) < 4.78 is 13.5. The summed E-state index contributed by atoms with van der Waals surface area (Å²) in [5.41, 5.74) is 7.63. The summed E-state index contributed by atoms with van der Waals surface area (Å²) in [5.74, 6) is 0.972. The van der Waals surface area contributed by atoms with E-state index in [4.69, 9.17) is 15.2 Å². The molecule has 6 rings (SSSR count). The number of aliphatic hydroxyl groups is 1. The van der Waals surface area contributed by atoms with E-state index in [1.165, 1.54) is 5.56 Å². The Kier molecular flexibility index (Phi) is 6.27. The maximum atomic E-state index is 13.0. The fraction of sp³-hybridized carbons (Fsp3) is 0.483. The van der Waals surface area contributed by atoms with Crippen LogP contribution >= 0.6 is 0 Å². The molecule has 1 aliphatic heterocycles. The maximum Gasteiger partial charge on any atom is 0.255 e. The lowest BCUT2D eigenvalue weighted by molar-refractivity contribution is -0.0834. The molecular weight excluding hydrogens is 498 g/mol. The first-order valence-corrected chi connectivity index (χ1v) is 13.5. The first-order chi connectivity index (χ1) is 18.6. The molecule has 3 aromatic rings. The van der Waals surface area contributed by atoms with Gasteiger partial charge in [0.05, 0.1) is 40.7 Å². The molecule has 0 bridgehead atoms. The van der Waals surface area contributed by atoms with E-state index in [-0.39, 0.29) is 30.1 Å². The number of pyridine rings is 1. The zero-order chi connectivity index (χ0) is 27.4. The predicted molar refractivity (Wildman–Crippen MR) is 144 cm³/mol. The molecule has 10 nitrogen and oxygen atoms in total. The predicted octanol–water partition coefficient (Wildman–Crippen LogP) is 2.39. The molecule has 0 atom stereocenters. The average molecular weight is 534 g/mol. The summed E-state index contributed by atoms with van der Waals surface area (Å²) in [6.45, 7) is 5.37. The van der Waals surface area contributed by atoms with E-state index in [0.717, 1.165) is 38.8 Å². The first-order valence-electron chi connectivity index (χ1n) is 13.5. The number of ether oxygens (including phenoxy) is 2. The number of hydrogen-bond donors (Lipinski definition) is 4. The Bertz CT molecular complexity index is 1410. The number of nitrogens with zero attached hydrogens (tertiary/aromatic N) is 2. The van der Waals surface area contributed by atoms with Gasteiger partial charge in [-0.3, -0.25) is 9.59 Å². The van der Waals surface area contributed by atoms with Crippen LogP contribution in [0.5, 0.6) is 11.5 Å². The molecule has 39 heavy (non-hydrogen) atoms. The first kappa shape index (κ1) is 25.6. The molecule has 3 heterocycles. The summed E-state index contributed by atoms with van der Waals surface area (Å²) in [6.07, 6.45) is 6.92. The molecule has 0 radical (unpaired) electrons. The number of hydrogen-bond acceptors (Lipinski definition) is 7. The molecule has 1 saturated heterocycles. The van der Waals surface area contributed by atoms with E-state index in [2.05, 4.69) is 15.7 Å². The molecule has 2 saturated carbocycles. The van der Waals surface area contributed by atoms with Gasteiger partial charge in [0.25, 0.3) is 11.8 Å². The van der Waals surface area contributed by atoms with Gasteiger partial charge in [0.15, 0.2) is 0 Å². The second kappa shape index (κ2) is 9.53. The molecule has 2 aliphatic carbocycles. The van der Waals surface area contributed by atoms with Crippen molar-refractivity contribution in [3.8, 4) is 11.5 Å². The molecule has 1 spiro atoms. The van der Waals surface area contributed by atoms with Gasteiger partial charge in [-0.2, -0.15) is 5.10 Å². The van der Waals surface area contributed by atoms with E-state index in [9.17, 15) is 14.7 Å². The van der Waals surface area contributed by atoms with Crippen molar-refractivity contribution in [1.82, 2.24) is 20.2 Å². The van der Waals surface area contributed by atoms with E-state index in [0.29, 0.717) is 34.1 Å². The van der Waals surface area contributed by atoms with Crippen molar-refractivity contribution in [2.75, 3.05) is 19.7 Å². The van der Waals surface area contributed by atoms with Gasteiger partial charge >= 0.3 is 0 Å². The zero-order valence-electron chi connectivity index (χ0n) is 22.3. The van der Waals surface area contributed by atoms with Crippen LogP contribution in [0.1, 0.15) is 71.7 Å². The molecule has 3 aliphatic rings. The Morgan fingerprint density at radius 1 is 1.18 bits per heavy atom. The van der Waals surface area contributed by atoms with Gasteiger partial charge in [-0.05, 0) is 74.8 Å². The minimum atomic E-state index is -0.943. The van der Waals surface area contributed by atoms with Gasteiger partial charge in [-0.1, -0.05) is 6.07 Å². The fourth-order valence-electron chi connectivity index (χ4n) is 5.96. The Hall–Kier alpha value is -3.63. The number of amides is 2. The lowest BCUT2D eigenvalue weighted by Crippen LogP contribution is -2.58. The number of fused-ring (bicyclic) bond motifs is 1. The van der Waals surface area contributed by atoms with Crippen molar-refractivity contribution < 1.29 is 24.2 Å². The van der Waals surface area contributed by atoms with Crippen LogP contribution in [0.3, 0.4) is 0 Å². The third kappa shape index (κ3) is 5.18. The van der Waals surface area contributed by atoms with Crippen molar-refractivity contribution in [2.24, 2.45) is 11.1 Å². The molecule has 3 fully saturated rings. The third-order valence-corrected chi connectivity index (χ3v) is 8.16. The maximum absolute atomic E-state index is 13.0. The molecule has 1 aromatic carbocycles. The summed E-state index contributed by atoms with van der Waals surface area (Å²) in [4.78, 5) is 24.9. The number of carbonyl (C=O) groups is 2. The highest BCUT2D eigenvalue weighted by Crippen LogP contribution is 2.57. The lowest BCUT2D eigenvalue weighted by atomic mass is 9.53. The topological polar surface area (TPSA) is 140 Å². The zero-order valence-corrected chi connectivity index (χ0v) is 22.3. The summed E-state index contributed by atoms with van der Waals surface area (Å²) in [6, 6.07) is 9.40. The van der Waals surface area contributed by atoms with Gasteiger partial charge < -0.3 is 30.9 Å². The highest BCUT2D eigenvalue weighted by Gasteiger charge is 2.54. The summed E-state index contributed by atoms with van der Waals surface area (Å²) in [7, 11) is 0. The minimum Gasteiger partial charge on any atom is -0.490 e. The number of nitrogens with one attached hydrogen (secondary N) is 2. The molecule has 10 heteroatoms. The quantitative estimate of drug-likeness (QED) is 0.331. The molecule has 2 aromatic heterocycles. The van der Waals surface area contributed by atoms with E-state index < -0.39 is 11.5 Å². The van der Waals surface area contributed by atoms with Crippen LogP contribution in [0.4, 0.5) is 0 Å². The highest BCUT2D eigenvalue weighted by molar-refractivity contribution is 6.00. The van der Waals surface area contributed by atoms with Crippen LogP contribution in [-0.4, -0.2) is 64.0 Å². The van der Waals surface area contributed by atoms with Crippen molar-refractivity contribution in [2.45, 2.75) is 63.2 Å². The Morgan fingerprint density at radius 3 is 2.62 bits per heavy atom. The molecule has 2 amide bonds. The van der Waals surface area contributed by atoms with Crippen molar-refractivity contribution in [3.05, 3.63) is 59.4 Å². The average Bonchev–Trinajstić information content (AvgIpc) is 3.22. The van der Waals surface area contributed by atoms with Gasteiger partial charge in [0, 0.05) is 25.0 Å². The lowest BCUT2D eigenvalue weighted by Gasteiger charge is -2.57. The van der Waals surface area contributed by atoms with Gasteiger partial charge in [-0.15, -0.1) is 0 Å². The van der Waals surface area contributed by atoms with Crippen LogP contribution in [0.25, 0.3) is 5.52 Å². The summed E-state index contributed by atoms with van der Waals surface area (Å²) in [5, 5.41) is 20.6. The minimum absolute atomic E-state index is 0.0435. The van der Waals surface area contributed by atoms with Crippen molar-refractivity contribution >= 4 is 17.3 Å². The van der Waals surface area contributed by atoms with Crippen molar-refractivity contribution in [3.63, 3.8) is 0 Å². The number of aromatic nitrogens is 2. The van der Waals surface area contributed by atoms with E-state index >= 15 is 0 Å². The second-order valence-electron chi connectivity index (χ2n) is 12.1. The van der Waals surface area contributed by atoms with Crippen LogP contribution in [0.15, 0.2) is 42.7 Å². The van der Waals surface area contributed by atoms with Crippen LogP contribution in [-0.2, 0) is 0 Å². The Balaban J connectivity index is 1.02. The fourth-order valence-corrected chi connectivity index (χ4v) is 5.96. The van der Waals surface area contributed by atoms with Gasteiger partial charge in [0.1, 0.15) is 18.1 Å². The van der Waals surface area contributed by atoms with Gasteiger partial charge in [-0.25, -0.2) is 4.52 Å². The molecule has 0 unspecified atom stereocenters. The monoisotopic (exact) mass is 533 g/mol. The molecule has 5 N–H and O–H groups in total. The number of carbonyl (C=O) groups excluding carboxylic acids is 2. The normalized spacial score (nSPS) is 24.5. The second-order valence-corrected chi connectivity index (χ2v) is 12.1. The van der Waals surface area contributed by atoms with Gasteiger partial charge in [0.2, 0.25) is 0 Å². The standard InChI is InChI=1S/C29H35N5O5/c1-28(2,37)16-38-20-4-6-24-23(14-32-34(24)15-20)27(36)33-19-8-29(9-19)10-21(11-29)39-25-7-17(18-12-31-13-18)3-5-22(25)26(30)35/h3-7,14-15,18-19,21,31,37H,8-13,16H2,1-2H3,(H2,30,35)(H,33,36). The van der Waals surface area contributed by atoms with E-state index in [1.807, 2.05) is 12.1 Å². The largest absolute Gasteiger partial charge is 0.490 e. The Morgan fingerprint density at radius 2 is 1.95 bits per heavy atom. The third-order valence-electron chi connectivity index (χ3n) is 8.16. The highest BCUT2D eigenvalue weighted by atomic mass is 16.5. The van der Waals surface area contributed by atoms with E-state index in [1.54, 1.807) is 49.0 Å². The number of rotatable bonds is 9. The Labute approximate surface area is 226 Å². The summed E-state index contributed by atoms with van der Waals surface area (Å²) >= 11 is 0. The van der Waals surface area contributed by atoms with Crippen LogP contribution in [0.2, 0.25) is 0 Å². The van der Waals surface area contributed by atoms with Crippen LogP contribution in [0, 0.1) is 5.41 Å². The smallest absolute Gasteiger partial charge is 0.255 e. The van der Waals surface area contributed by atoms with Crippen LogP contribution < -0.4 is 25.8 Å². The van der Waals surface area contributed by atoms with Crippen molar-refractivity contribution in [1.29, 1.82) is 0 Å². The number of primary amides is 1. The molecule has 206 valence electrons.